The molecule has 0 bridgehead atoms. The Morgan fingerprint density at radius 1 is 1.24 bits per heavy atom. The molecule has 0 fully saturated rings. The van der Waals surface area contributed by atoms with Gasteiger partial charge in [0, 0.05) is 0 Å². The number of benzene rings is 1. The van der Waals surface area contributed by atoms with Gasteiger partial charge in [0.1, 0.15) is 0 Å². The molecule has 2 rings (SSSR count). The third-order valence-corrected chi connectivity index (χ3v) is 8.05. The van der Waals surface area contributed by atoms with E-state index >= 15 is 0 Å². The van der Waals surface area contributed by atoms with Crippen molar-refractivity contribution in [3.05, 3.63) is 35.5 Å². The molecule has 4 nitrogen and oxygen atoms in total. The SMILES string of the molecule is Cn1cc(C[CH2][Sn]([CH3])[CH3])c2cc(CCS(N)(=O)=O)ccc21. The Kier molecular flexibility index (Phi) is 5.38. The summed E-state index contributed by atoms with van der Waals surface area (Å²) in [5.74, 6) is 0.00244. The topological polar surface area (TPSA) is 65.1 Å². The van der Waals surface area contributed by atoms with Gasteiger partial charge in [-0.2, -0.15) is 0 Å². The second-order valence-corrected chi connectivity index (χ2v) is 16.0. The van der Waals surface area contributed by atoms with Crippen molar-refractivity contribution in [3.63, 3.8) is 0 Å². The third-order valence-electron chi connectivity index (χ3n) is 3.71. The van der Waals surface area contributed by atoms with Gasteiger partial charge >= 0.3 is 134 Å². The van der Waals surface area contributed by atoms with Crippen LogP contribution in [0.4, 0.5) is 0 Å². The van der Waals surface area contributed by atoms with E-state index in [2.05, 4.69) is 39.8 Å². The molecule has 6 heteroatoms. The summed E-state index contributed by atoms with van der Waals surface area (Å²) in [6.45, 7) is 0. The van der Waals surface area contributed by atoms with E-state index < -0.39 is 29.8 Å². The fourth-order valence-corrected chi connectivity index (χ4v) is 5.24. The molecule has 0 amide bonds. The third kappa shape index (κ3) is 4.72. The summed E-state index contributed by atoms with van der Waals surface area (Å²) in [6.07, 6.45) is 3.82. The molecule has 1 aromatic heterocycles. The minimum atomic E-state index is -3.40. The van der Waals surface area contributed by atoms with Crippen molar-refractivity contribution in [3.8, 4) is 0 Å². The Labute approximate surface area is 134 Å². The van der Waals surface area contributed by atoms with E-state index in [1.54, 1.807) is 0 Å². The number of primary sulfonamides is 1. The first kappa shape index (κ1) is 16.8. The van der Waals surface area contributed by atoms with Crippen LogP contribution in [0.3, 0.4) is 0 Å². The van der Waals surface area contributed by atoms with Crippen LogP contribution in [0, 0.1) is 0 Å². The van der Waals surface area contributed by atoms with Gasteiger partial charge in [-0.15, -0.1) is 0 Å². The Bertz CT molecular complexity index is 735. The molecule has 0 unspecified atom stereocenters. The summed E-state index contributed by atoms with van der Waals surface area (Å²) < 4.78 is 25.7. The Morgan fingerprint density at radius 3 is 2.57 bits per heavy atom. The van der Waals surface area contributed by atoms with Crippen LogP contribution in [0.5, 0.6) is 0 Å². The van der Waals surface area contributed by atoms with E-state index in [4.69, 9.17) is 5.14 Å². The van der Waals surface area contributed by atoms with Crippen molar-refractivity contribution in [2.45, 2.75) is 27.2 Å². The number of nitrogens with zero attached hydrogens (tertiary/aromatic N) is 1. The fraction of sp³-hybridized carbons (Fsp3) is 0.467. The van der Waals surface area contributed by atoms with Crippen molar-refractivity contribution < 1.29 is 8.42 Å². The molecular weight excluding hydrogens is 391 g/mol. The molecule has 0 atom stereocenters. The first-order valence-corrected chi connectivity index (χ1v) is 16.6. The Balaban J connectivity index is 2.29. The predicted octanol–water partition coefficient (Wildman–Crippen LogP) is 2.31. The molecule has 1 heterocycles. The summed E-state index contributed by atoms with van der Waals surface area (Å²) in [4.78, 5) is 4.84. The number of aromatic nitrogens is 1. The van der Waals surface area contributed by atoms with Gasteiger partial charge in [0.2, 0.25) is 0 Å². The van der Waals surface area contributed by atoms with Gasteiger partial charge < -0.3 is 0 Å². The van der Waals surface area contributed by atoms with Crippen LogP contribution in [0.15, 0.2) is 24.4 Å². The summed E-state index contributed by atoms with van der Waals surface area (Å²) in [5.41, 5.74) is 3.63. The summed E-state index contributed by atoms with van der Waals surface area (Å²) >= 11 is -1.08. The molecule has 1 radical (unpaired) electrons. The Hall–Kier alpha value is -0.531. The quantitative estimate of drug-likeness (QED) is 0.738. The molecule has 21 heavy (non-hydrogen) atoms. The number of sulfonamides is 1. The Morgan fingerprint density at radius 2 is 1.95 bits per heavy atom. The zero-order valence-corrected chi connectivity index (χ0v) is 16.6. The molecule has 0 saturated carbocycles. The first-order chi connectivity index (χ1) is 9.76. The number of hydrogen-bond donors (Lipinski definition) is 1. The van der Waals surface area contributed by atoms with Gasteiger partial charge in [-0.25, -0.2) is 0 Å². The second-order valence-electron chi connectivity index (χ2n) is 5.94. The minimum absolute atomic E-state index is 0.00244. The zero-order chi connectivity index (χ0) is 15.6. The molecule has 115 valence electrons. The molecule has 2 aromatic rings. The second kappa shape index (κ2) is 6.71. The summed E-state index contributed by atoms with van der Waals surface area (Å²) in [7, 11) is -1.34. The fourth-order valence-electron chi connectivity index (χ4n) is 2.52. The monoisotopic (exact) mass is 415 g/mol. The number of fused-ring (bicyclic) bond motifs is 1. The molecule has 0 aliphatic rings. The van der Waals surface area contributed by atoms with Gasteiger partial charge in [0.05, 0.1) is 0 Å². The number of aryl methyl sites for hydroxylation is 3. The molecule has 0 saturated heterocycles. The average molecular weight is 414 g/mol. The van der Waals surface area contributed by atoms with Crippen LogP contribution in [0.25, 0.3) is 10.9 Å². The molecule has 2 N–H and O–H groups in total. The van der Waals surface area contributed by atoms with Gasteiger partial charge in [-0.05, 0) is 0 Å². The van der Waals surface area contributed by atoms with E-state index in [0.29, 0.717) is 6.42 Å². The van der Waals surface area contributed by atoms with Crippen LogP contribution in [-0.2, 0) is 29.9 Å². The summed E-state index contributed by atoms with van der Waals surface area (Å²) in [6, 6.07) is 6.21. The molecular formula is C15H23N2O2SSn. The van der Waals surface area contributed by atoms with Gasteiger partial charge in [-0.3, -0.25) is 0 Å². The van der Waals surface area contributed by atoms with Gasteiger partial charge in [0.15, 0.2) is 0 Å². The van der Waals surface area contributed by atoms with E-state index in [9.17, 15) is 8.42 Å². The van der Waals surface area contributed by atoms with Crippen molar-refractivity contribution in [1.29, 1.82) is 0 Å². The maximum absolute atomic E-state index is 11.1. The standard InChI is InChI=1S/C13H17N2O2S.2CH3.Sn/c1-3-11-9-15(2)13-5-4-10(8-12(11)13)6-7-18(14,16)17;;;/h4-5,8-9H,1,3,6-7H2,2H3,(H2,14,16,17);2*1H3;. The average Bonchev–Trinajstić information content (AvgIpc) is 2.70. The molecule has 0 aliphatic carbocycles. The van der Waals surface area contributed by atoms with E-state index in [0.717, 1.165) is 12.0 Å². The van der Waals surface area contributed by atoms with Gasteiger partial charge in [0.25, 0.3) is 0 Å². The van der Waals surface area contributed by atoms with Crippen molar-refractivity contribution in [2.75, 3.05) is 5.75 Å². The van der Waals surface area contributed by atoms with E-state index in [-0.39, 0.29) is 5.75 Å². The first-order valence-electron chi connectivity index (χ1n) is 7.12. The number of nitrogens with two attached hydrogens (primary N) is 1. The van der Waals surface area contributed by atoms with Crippen molar-refractivity contribution >= 4 is 40.7 Å². The molecule has 0 aliphatic heterocycles. The van der Waals surface area contributed by atoms with Crippen LogP contribution in [0.2, 0.25) is 14.3 Å². The van der Waals surface area contributed by atoms with Crippen LogP contribution in [0.1, 0.15) is 11.1 Å². The predicted molar refractivity (Wildman–Crippen MR) is 90.6 cm³/mol. The van der Waals surface area contributed by atoms with Gasteiger partial charge in [-0.1, -0.05) is 0 Å². The number of rotatable bonds is 6. The van der Waals surface area contributed by atoms with Crippen LogP contribution >= 0.6 is 0 Å². The van der Waals surface area contributed by atoms with Crippen molar-refractivity contribution in [1.82, 2.24) is 4.57 Å². The normalized spacial score (nSPS) is 12.4. The summed E-state index contributed by atoms with van der Waals surface area (Å²) in [5, 5.41) is 6.34. The zero-order valence-electron chi connectivity index (χ0n) is 12.9. The van der Waals surface area contributed by atoms with Crippen LogP contribution < -0.4 is 5.14 Å². The van der Waals surface area contributed by atoms with E-state index in [1.807, 2.05) is 6.07 Å². The number of hydrogen-bond acceptors (Lipinski definition) is 2. The maximum atomic E-state index is 11.1. The van der Waals surface area contributed by atoms with Crippen molar-refractivity contribution in [2.24, 2.45) is 12.2 Å². The molecule has 0 spiro atoms. The van der Waals surface area contributed by atoms with Crippen LogP contribution in [-0.4, -0.2) is 38.5 Å². The van der Waals surface area contributed by atoms with E-state index in [1.165, 1.54) is 20.9 Å². The molecule has 1 aromatic carbocycles.